The van der Waals surface area contributed by atoms with Crippen LogP contribution in [0.4, 0.5) is 15.8 Å². The summed E-state index contributed by atoms with van der Waals surface area (Å²) in [5.41, 5.74) is 2.86. The fourth-order valence-electron chi connectivity index (χ4n) is 2.50. The zero-order valence-electron chi connectivity index (χ0n) is 16.0. The van der Waals surface area contributed by atoms with E-state index in [9.17, 15) is 14.0 Å². The Labute approximate surface area is 167 Å². The van der Waals surface area contributed by atoms with Gasteiger partial charge >= 0.3 is 11.8 Å². The minimum Gasteiger partial charge on any atom is -0.458 e. The largest absolute Gasteiger partial charge is 0.458 e. The van der Waals surface area contributed by atoms with Crippen molar-refractivity contribution >= 4 is 29.4 Å². The summed E-state index contributed by atoms with van der Waals surface area (Å²) in [6.45, 7) is 3.92. The number of nitrogens with one attached hydrogen (secondary N) is 2. The minimum atomic E-state index is -0.777. The molecule has 0 aliphatic carbocycles. The molecular formula is C22H20FN3O3. The van der Waals surface area contributed by atoms with Gasteiger partial charge < -0.3 is 15.1 Å². The summed E-state index contributed by atoms with van der Waals surface area (Å²) in [5.74, 6) is -1.13. The van der Waals surface area contributed by atoms with Crippen LogP contribution in [-0.2, 0) is 16.1 Å². The first-order valence-electron chi connectivity index (χ1n) is 8.96. The number of hydrogen-bond acceptors (Lipinski definition) is 4. The third-order valence-electron chi connectivity index (χ3n) is 4.26. The molecule has 29 heavy (non-hydrogen) atoms. The molecule has 0 spiro atoms. The second-order valence-electron chi connectivity index (χ2n) is 6.45. The molecule has 6 nitrogen and oxygen atoms in total. The maximum absolute atomic E-state index is 13.6. The zero-order valence-corrected chi connectivity index (χ0v) is 16.0. The van der Waals surface area contributed by atoms with Crippen molar-refractivity contribution in [2.75, 3.05) is 5.32 Å². The van der Waals surface area contributed by atoms with Crippen LogP contribution in [0.25, 0.3) is 0 Å². The Morgan fingerprint density at radius 3 is 2.59 bits per heavy atom. The zero-order chi connectivity index (χ0) is 20.8. The van der Waals surface area contributed by atoms with Crippen LogP contribution in [0.2, 0.25) is 0 Å². The van der Waals surface area contributed by atoms with Crippen LogP contribution >= 0.6 is 0 Å². The lowest BCUT2D eigenvalue weighted by molar-refractivity contribution is -0.136. The molecule has 0 saturated carbocycles. The quantitative estimate of drug-likeness (QED) is 0.507. The molecule has 7 heteroatoms. The number of halogens is 1. The first-order valence-corrected chi connectivity index (χ1v) is 8.96. The Bertz CT molecular complexity index is 1070. The number of aliphatic imine (C=N–C) groups is 1. The lowest BCUT2D eigenvalue weighted by Gasteiger charge is -2.07. The first-order chi connectivity index (χ1) is 13.9. The highest BCUT2D eigenvalue weighted by molar-refractivity contribution is 6.39. The van der Waals surface area contributed by atoms with Gasteiger partial charge in [0.05, 0.1) is 18.4 Å². The SMILES string of the molecule is Cc1ccc(NC(=O)C(=O)NCc2ccc(C=Nc3ccccc3F)o2)cc1C. The molecule has 0 bridgehead atoms. The normalized spacial score (nSPS) is 10.9. The molecule has 3 aromatic rings. The number of amides is 2. The summed E-state index contributed by atoms with van der Waals surface area (Å²) in [6, 6.07) is 14.8. The molecule has 0 unspecified atom stereocenters. The Morgan fingerprint density at radius 2 is 1.83 bits per heavy atom. The summed E-state index contributed by atoms with van der Waals surface area (Å²) in [7, 11) is 0. The summed E-state index contributed by atoms with van der Waals surface area (Å²) in [6.07, 6.45) is 1.39. The molecule has 0 aliphatic heterocycles. The van der Waals surface area contributed by atoms with Crippen LogP contribution in [0.5, 0.6) is 0 Å². The molecule has 0 fully saturated rings. The fraction of sp³-hybridized carbons (Fsp3) is 0.136. The second-order valence-corrected chi connectivity index (χ2v) is 6.45. The van der Waals surface area contributed by atoms with Crippen LogP contribution in [-0.4, -0.2) is 18.0 Å². The number of anilines is 1. The standard InChI is InChI=1S/C22H20FN3O3/c1-14-7-8-16(11-15(14)2)26-22(28)21(27)25-13-18-10-9-17(29-18)12-24-20-6-4-3-5-19(20)23/h3-12H,13H2,1-2H3,(H,25,27)(H,26,28). The van der Waals surface area contributed by atoms with Gasteiger partial charge in [0.25, 0.3) is 0 Å². The smallest absolute Gasteiger partial charge is 0.313 e. The number of aryl methyl sites for hydroxylation is 2. The Hall–Kier alpha value is -3.74. The van der Waals surface area contributed by atoms with E-state index in [2.05, 4.69) is 15.6 Å². The van der Waals surface area contributed by atoms with E-state index >= 15 is 0 Å². The second kappa shape index (κ2) is 8.97. The molecule has 0 aliphatic rings. The molecule has 0 radical (unpaired) electrons. The monoisotopic (exact) mass is 393 g/mol. The highest BCUT2D eigenvalue weighted by atomic mass is 19.1. The number of carbonyl (C=O) groups excluding carboxylic acids is 2. The van der Waals surface area contributed by atoms with Crippen LogP contribution in [0.3, 0.4) is 0 Å². The Kier molecular flexibility index (Phi) is 6.19. The Morgan fingerprint density at radius 1 is 1.03 bits per heavy atom. The number of para-hydroxylation sites is 1. The van der Waals surface area contributed by atoms with Crippen molar-refractivity contribution in [3.8, 4) is 0 Å². The molecule has 2 N–H and O–H groups in total. The van der Waals surface area contributed by atoms with Gasteiger partial charge in [-0.1, -0.05) is 18.2 Å². The van der Waals surface area contributed by atoms with Crippen molar-refractivity contribution in [2.24, 2.45) is 4.99 Å². The van der Waals surface area contributed by atoms with Gasteiger partial charge in [0, 0.05) is 5.69 Å². The van der Waals surface area contributed by atoms with Gasteiger partial charge in [0.2, 0.25) is 0 Å². The third-order valence-corrected chi connectivity index (χ3v) is 4.26. The van der Waals surface area contributed by atoms with Gasteiger partial charge in [-0.05, 0) is 61.4 Å². The molecule has 148 valence electrons. The van der Waals surface area contributed by atoms with E-state index in [1.54, 1.807) is 42.5 Å². The van der Waals surface area contributed by atoms with Crippen LogP contribution in [0.15, 0.2) is 64.0 Å². The number of benzene rings is 2. The number of nitrogens with zero attached hydrogens (tertiary/aromatic N) is 1. The number of hydrogen-bond donors (Lipinski definition) is 2. The predicted octanol–water partition coefficient (Wildman–Crippen LogP) is 4.04. The minimum absolute atomic E-state index is 0.0344. The first kappa shape index (κ1) is 20.0. The molecule has 0 saturated heterocycles. The average molecular weight is 393 g/mol. The van der Waals surface area contributed by atoms with Gasteiger partial charge in [0.1, 0.15) is 17.3 Å². The summed E-state index contributed by atoms with van der Waals surface area (Å²) < 4.78 is 19.1. The number of carbonyl (C=O) groups is 2. The van der Waals surface area contributed by atoms with Gasteiger partial charge in [0.15, 0.2) is 0 Å². The van der Waals surface area contributed by atoms with Gasteiger partial charge in [-0.2, -0.15) is 0 Å². The molecule has 1 heterocycles. The topological polar surface area (TPSA) is 83.7 Å². The third kappa shape index (κ3) is 5.38. The highest BCUT2D eigenvalue weighted by Crippen LogP contribution is 2.17. The van der Waals surface area contributed by atoms with Gasteiger partial charge in [-0.3, -0.25) is 9.59 Å². The predicted molar refractivity (Wildman–Crippen MR) is 109 cm³/mol. The van der Waals surface area contributed by atoms with E-state index in [-0.39, 0.29) is 12.2 Å². The molecule has 0 atom stereocenters. The van der Waals surface area contributed by atoms with Crippen LogP contribution in [0.1, 0.15) is 22.6 Å². The van der Waals surface area contributed by atoms with E-state index in [1.165, 1.54) is 12.3 Å². The molecule has 1 aromatic heterocycles. The van der Waals surface area contributed by atoms with Gasteiger partial charge in [-0.25, -0.2) is 9.38 Å². The van der Waals surface area contributed by atoms with Gasteiger partial charge in [-0.15, -0.1) is 0 Å². The summed E-state index contributed by atoms with van der Waals surface area (Å²) >= 11 is 0. The van der Waals surface area contributed by atoms with E-state index in [4.69, 9.17) is 4.42 Å². The van der Waals surface area contributed by atoms with Crippen molar-refractivity contribution in [3.63, 3.8) is 0 Å². The van der Waals surface area contributed by atoms with Crippen molar-refractivity contribution in [1.82, 2.24) is 5.32 Å². The van der Waals surface area contributed by atoms with E-state index in [0.29, 0.717) is 17.2 Å². The van der Waals surface area contributed by atoms with Crippen molar-refractivity contribution in [1.29, 1.82) is 0 Å². The maximum Gasteiger partial charge on any atom is 0.313 e. The molecular weight excluding hydrogens is 373 g/mol. The van der Waals surface area contributed by atoms with E-state index in [1.807, 2.05) is 19.9 Å². The molecule has 3 rings (SSSR count). The lowest BCUT2D eigenvalue weighted by Crippen LogP contribution is -2.34. The Balaban J connectivity index is 1.53. The van der Waals surface area contributed by atoms with Crippen LogP contribution in [0, 0.1) is 19.7 Å². The lowest BCUT2D eigenvalue weighted by atomic mass is 10.1. The van der Waals surface area contributed by atoms with Crippen LogP contribution < -0.4 is 10.6 Å². The van der Waals surface area contributed by atoms with Crippen molar-refractivity contribution < 1.29 is 18.4 Å². The van der Waals surface area contributed by atoms with E-state index in [0.717, 1.165) is 11.1 Å². The number of rotatable bonds is 5. The fourth-order valence-corrected chi connectivity index (χ4v) is 2.50. The van der Waals surface area contributed by atoms with Crippen molar-refractivity contribution in [3.05, 3.63) is 83.1 Å². The molecule has 2 aromatic carbocycles. The maximum atomic E-state index is 13.6. The number of furan rings is 1. The average Bonchev–Trinajstić information content (AvgIpc) is 3.16. The van der Waals surface area contributed by atoms with E-state index < -0.39 is 17.6 Å². The highest BCUT2D eigenvalue weighted by Gasteiger charge is 2.14. The molecule has 2 amide bonds. The van der Waals surface area contributed by atoms with Crippen molar-refractivity contribution in [2.45, 2.75) is 20.4 Å². The summed E-state index contributed by atoms with van der Waals surface area (Å²) in [5, 5.41) is 5.05. The summed E-state index contributed by atoms with van der Waals surface area (Å²) in [4.78, 5) is 28.0.